The molecule has 1 N–H and O–H groups in total. The van der Waals surface area contributed by atoms with E-state index in [1.54, 1.807) is 24.3 Å². The Kier molecular flexibility index (Phi) is 2.97. The lowest BCUT2D eigenvalue weighted by molar-refractivity contribution is -0.120. The van der Waals surface area contributed by atoms with Crippen LogP contribution in [0.25, 0.3) is 10.8 Å². The fraction of sp³-hybridized carbons (Fsp3) is 0. The third kappa shape index (κ3) is 2.54. The van der Waals surface area contributed by atoms with Gasteiger partial charge in [0.15, 0.2) is 0 Å². The molecule has 88 valence electrons. The van der Waals surface area contributed by atoms with Crippen LogP contribution in [-0.2, 0) is 19.3 Å². The van der Waals surface area contributed by atoms with E-state index >= 15 is 0 Å². The molecule has 0 atom stereocenters. The molecule has 0 unspecified atom stereocenters. The van der Waals surface area contributed by atoms with Gasteiger partial charge in [0.1, 0.15) is 0 Å². The van der Waals surface area contributed by atoms with Gasteiger partial charge in [-0.1, -0.05) is 36.4 Å². The first kappa shape index (κ1) is 11.4. The van der Waals surface area contributed by atoms with Crippen LogP contribution < -0.4 is 4.72 Å². The zero-order valence-electron chi connectivity index (χ0n) is 8.66. The molecule has 0 radical (unpaired) electrons. The number of hydrogen-bond acceptors (Lipinski definition) is 4. The molecule has 2 aromatic carbocycles. The Morgan fingerprint density at radius 1 is 1.06 bits per heavy atom. The zero-order chi connectivity index (χ0) is 12.3. The van der Waals surface area contributed by atoms with Gasteiger partial charge in [-0.05, 0) is 11.5 Å². The molecule has 5 nitrogen and oxygen atoms in total. The predicted octanol–water partition coefficient (Wildman–Crippen LogP) is 1.67. The minimum atomic E-state index is -4.09. The number of hydrogen-bond donors (Lipinski definition) is 1. The van der Waals surface area contributed by atoms with Crippen molar-refractivity contribution in [1.82, 2.24) is 0 Å². The zero-order valence-corrected chi connectivity index (χ0v) is 9.48. The number of anilines is 1. The van der Waals surface area contributed by atoms with E-state index in [0.29, 0.717) is 5.69 Å². The molecule has 0 aromatic heterocycles. The smallest absolute Gasteiger partial charge is 0.333 e. The van der Waals surface area contributed by atoms with Crippen LogP contribution in [0.4, 0.5) is 5.69 Å². The van der Waals surface area contributed by atoms with Crippen molar-refractivity contribution in [2.75, 3.05) is 4.72 Å². The molecule has 17 heavy (non-hydrogen) atoms. The highest BCUT2D eigenvalue weighted by molar-refractivity contribution is 7.88. The van der Waals surface area contributed by atoms with Crippen molar-refractivity contribution in [2.45, 2.75) is 0 Å². The summed E-state index contributed by atoms with van der Waals surface area (Å²) >= 11 is 0. The van der Waals surface area contributed by atoms with Crippen molar-refractivity contribution in [1.29, 1.82) is 0 Å². The summed E-state index contributed by atoms with van der Waals surface area (Å²) in [4.78, 5) is 10.0. The highest BCUT2D eigenvalue weighted by atomic mass is 32.2. The van der Waals surface area contributed by atoms with Crippen molar-refractivity contribution in [3.05, 3.63) is 42.5 Å². The quantitative estimate of drug-likeness (QED) is 0.839. The van der Waals surface area contributed by atoms with Crippen molar-refractivity contribution < 1.29 is 17.4 Å². The highest BCUT2D eigenvalue weighted by Gasteiger charge is 2.12. The van der Waals surface area contributed by atoms with Gasteiger partial charge in [-0.15, -0.1) is 0 Å². The molecule has 0 saturated carbocycles. The topological polar surface area (TPSA) is 72.5 Å². The molecule has 2 aromatic rings. The van der Waals surface area contributed by atoms with Gasteiger partial charge in [0, 0.05) is 5.39 Å². The molecule has 0 fully saturated rings. The monoisotopic (exact) mass is 251 g/mol. The summed E-state index contributed by atoms with van der Waals surface area (Å²) in [7, 11) is -4.09. The van der Waals surface area contributed by atoms with Crippen LogP contribution in [-0.4, -0.2) is 14.9 Å². The minimum absolute atomic E-state index is 0.131. The van der Waals surface area contributed by atoms with Crippen LogP contribution in [0.15, 0.2) is 42.5 Å². The van der Waals surface area contributed by atoms with Crippen molar-refractivity contribution >= 4 is 33.2 Å². The second kappa shape index (κ2) is 4.42. The summed E-state index contributed by atoms with van der Waals surface area (Å²) in [5.41, 5.74) is 0.366. The Morgan fingerprint density at radius 3 is 2.53 bits per heavy atom. The van der Waals surface area contributed by atoms with Gasteiger partial charge >= 0.3 is 16.8 Å². The van der Waals surface area contributed by atoms with Crippen LogP contribution in [0.1, 0.15) is 0 Å². The van der Waals surface area contributed by atoms with Crippen LogP contribution in [0, 0.1) is 0 Å². The molecule has 0 aliphatic carbocycles. The molecule has 2 rings (SSSR count). The average Bonchev–Trinajstić information content (AvgIpc) is 2.29. The Labute approximate surface area is 98.3 Å². The lowest BCUT2D eigenvalue weighted by Gasteiger charge is -2.08. The van der Waals surface area contributed by atoms with Gasteiger partial charge < -0.3 is 4.18 Å². The van der Waals surface area contributed by atoms with E-state index < -0.39 is 10.3 Å². The fourth-order valence-electron chi connectivity index (χ4n) is 1.52. The van der Waals surface area contributed by atoms with Gasteiger partial charge in [-0.25, -0.2) is 0 Å². The first-order valence-electron chi connectivity index (χ1n) is 4.75. The molecule has 6 heteroatoms. The number of carbonyl (C=O) groups excluding carboxylic acids is 1. The van der Waals surface area contributed by atoms with E-state index in [4.69, 9.17) is 0 Å². The molecule has 0 spiro atoms. The van der Waals surface area contributed by atoms with Crippen LogP contribution in [0.5, 0.6) is 0 Å². The van der Waals surface area contributed by atoms with Crippen LogP contribution >= 0.6 is 0 Å². The van der Waals surface area contributed by atoms with E-state index in [9.17, 15) is 13.2 Å². The maximum Gasteiger partial charge on any atom is 0.409 e. The molecule has 0 aliphatic heterocycles. The van der Waals surface area contributed by atoms with Gasteiger partial charge in [0.05, 0.1) is 5.69 Å². The lowest BCUT2D eigenvalue weighted by Crippen LogP contribution is -2.15. The summed E-state index contributed by atoms with van der Waals surface area (Å²) in [6.45, 7) is -0.131. The highest BCUT2D eigenvalue weighted by Crippen LogP contribution is 2.23. The summed E-state index contributed by atoms with van der Waals surface area (Å²) < 4.78 is 28.7. The molecular weight excluding hydrogens is 242 g/mol. The van der Waals surface area contributed by atoms with E-state index in [-0.39, 0.29) is 6.47 Å². The van der Waals surface area contributed by atoms with E-state index in [0.717, 1.165) is 10.8 Å². The number of nitrogens with one attached hydrogen (secondary N) is 1. The lowest BCUT2D eigenvalue weighted by atomic mass is 10.1. The second-order valence-electron chi connectivity index (χ2n) is 3.28. The standard InChI is InChI=1S/C11H9NO4S/c13-8-16-17(14,15)12-11-7-3-5-9-4-1-2-6-10(9)11/h1-8,12H. The first-order chi connectivity index (χ1) is 8.12. The summed E-state index contributed by atoms with van der Waals surface area (Å²) in [5.74, 6) is 0. The van der Waals surface area contributed by atoms with Gasteiger partial charge in [0.25, 0.3) is 0 Å². The first-order valence-corrected chi connectivity index (χ1v) is 6.16. The Bertz CT molecular complexity index is 646. The Balaban J connectivity index is 2.46. The van der Waals surface area contributed by atoms with E-state index in [1.807, 2.05) is 18.2 Å². The van der Waals surface area contributed by atoms with Crippen LogP contribution in [0.3, 0.4) is 0 Å². The predicted molar refractivity (Wildman–Crippen MR) is 63.6 cm³/mol. The maximum atomic E-state index is 11.3. The third-order valence-corrected chi connectivity index (χ3v) is 2.99. The normalized spacial score (nSPS) is 11.1. The maximum absolute atomic E-state index is 11.3. The van der Waals surface area contributed by atoms with Crippen molar-refractivity contribution in [2.24, 2.45) is 0 Å². The molecular formula is C11H9NO4S. The minimum Gasteiger partial charge on any atom is -0.333 e. The Morgan fingerprint density at radius 2 is 1.76 bits per heavy atom. The summed E-state index contributed by atoms with van der Waals surface area (Å²) in [6, 6.07) is 12.4. The van der Waals surface area contributed by atoms with Crippen molar-refractivity contribution in [3.63, 3.8) is 0 Å². The fourth-order valence-corrected chi connectivity index (χ4v) is 2.12. The van der Waals surface area contributed by atoms with Crippen molar-refractivity contribution in [3.8, 4) is 0 Å². The number of benzene rings is 2. The molecule has 0 bridgehead atoms. The number of fused-ring (bicyclic) bond motifs is 1. The molecule has 0 aliphatic rings. The molecule has 0 heterocycles. The molecule has 0 saturated heterocycles. The third-order valence-electron chi connectivity index (χ3n) is 2.19. The van der Waals surface area contributed by atoms with E-state index in [2.05, 4.69) is 8.91 Å². The summed E-state index contributed by atoms with van der Waals surface area (Å²) in [5, 5.41) is 1.62. The van der Waals surface area contributed by atoms with Crippen LogP contribution in [0.2, 0.25) is 0 Å². The second-order valence-corrected chi connectivity index (χ2v) is 4.58. The molecule has 0 amide bonds. The number of rotatable bonds is 4. The average molecular weight is 251 g/mol. The van der Waals surface area contributed by atoms with Gasteiger partial charge in [0.2, 0.25) is 0 Å². The largest absolute Gasteiger partial charge is 0.409 e. The van der Waals surface area contributed by atoms with Gasteiger partial charge in [-0.3, -0.25) is 9.52 Å². The van der Waals surface area contributed by atoms with Gasteiger partial charge in [-0.2, -0.15) is 8.42 Å². The summed E-state index contributed by atoms with van der Waals surface area (Å²) in [6.07, 6.45) is 0. The Hall–Kier alpha value is -2.08. The number of carbonyl (C=O) groups is 1. The SMILES string of the molecule is O=COS(=O)(=O)Nc1cccc2ccccc12. The van der Waals surface area contributed by atoms with E-state index in [1.165, 1.54) is 0 Å².